The monoisotopic (exact) mass is 413 g/mol. The summed E-state index contributed by atoms with van der Waals surface area (Å²) in [5.74, 6) is -0.336. The zero-order chi connectivity index (χ0) is 19.5. The zero-order valence-electron chi connectivity index (χ0n) is 15.3. The van der Waals surface area contributed by atoms with Crippen molar-refractivity contribution in [2.45, 2.75) is 25.4 Å². The van der Waals surface area contributed by atoms with Crippen molar-refractivity contribution in [1.29, 1.82) is 0 Å². The highest BCUT2D eigenvalue weighted by Gasteiger charge is 2.33. The molecule has 1 amide bonds. The molecule has 0 saturated heterocycles. The maximum absolute atomic E-state index is 13.1. The fourth-order valence-electron chi connectivity index (χ4n) is 3.23. The third-order valence-electron chi connectivity index (χ3n) is 4.77. The maximum atomic E-state index is 13.1. The molecule has 1 aliphatic heterocycles. The Morgan fingerprint density at radius 3 is 2.64 bits per heavy atom. The van der Waals surface area contributed by atoms with Crippen molar-refractivity contribution in [1.82, 2.24) is 10.3 Å². The molecule has 7 heteroatoms. The summed E-state index contributed by atoms with van der Waals surface area (Å²) >= 11 is 3.28. The van der Waals surface area contributed by atoms with Crippen LogP contribution in [0.4, 0.5) is 4.39 Å². The standard InChI is InChI=1S/C21H20FN3OS2/c1-14(15-6-8-16(22)9-7-15)23-13-21(26)25-18(20-5-3-11-28-20)12-17(24-25)19-4-2-10-27-19/h2-11,14,18,23H,12-13H2,1H3. The molecule has 0 aliphatic carbocycles. The summed E-state index contributed by atoms with van der Waals surface area (Å²) in [5, 5.41) is 13.6. The van der Waals surface area contributed by atoms with E-state index in [1.807, 2.05) is 35.9 Å². The highest BCUT2D eigenvalue weighted by molar-refractivity contribution is 7.12. The number of hydrazone groups is 1. The predicted molar refractivity (Wildman–Crippen MR) is 112 cm³/mol. The van der Waals surface area contributed by atoms with Crippen molar-refractivity contribution >= 4 is 34.3 Å². The van der Waals surface area contributed by atoms with Gasteiger partial charge in [0.1, 0.15) is 5.82 Å². The summed E-state index contributed by atoms with van der Waals surface area (Å²) < 4.78 is 13.1. The van der Waals surface area contributed by atoms with Crippen molar-refractivity contribution in [3.63, 3.8) is 0 Å². The summed E-state index contributed by atoms with van der Waals surface area (Å²) in [7, 11) is 0. The Kier molecular flexibility index (Phi) is 5.66. The Bertz CT molecular complexity index is 952. The molecule has 1 aliphatic rings. The molecular formula is C21H20FN3OS2. The number of nitrogens with one attached hydrogen (secondary N) is 1. The molecule has 1 aromatic carbocycles. The first kappa shape index (κ1) is 19.0. The number of hydrogen-bond donors (Lipinski definition) is 1. The van der Waals surface area contributed by atoms with E-state index in [-0.39, 0.29) is 30.4 Å². The predicted octanol–water partition coefficient (Wildman–Crippen LogP) is 4.98. The third kappa shape index (κ3) is 4.06. The van der Waals surface area contributed by atoms with Crippen LogP contribution in [-0.2, 0) is 4.79 Å². The van der Waals surface area contributed by atoms with Crippen LogP contribution in [0.2, 0.25) is 0 Å². The van der Waals surface area contributed by atoms with Crippen molar-refractivity contribution in [2.75, 3.05) is 6.54 Å². The number of carbonyl (C=O) groups is 1. The number of thiophene rings is 2. The van der Waals surface area contributed by atoms with Gasteiger partial charge in [-0.1, -0.05) is 24.3 Å². The normalized spacial score (nSPS) is 17.6. The van der Waals surface area contributed by atoms with Crippen molar-refractivity contribution in [2.24, 2.45) is 5.10 Å². The molecule has 0 radical (unpaired) electrons. The number of amides is 1. The van der Waals surface area contributed by atoms with E-state index in [1.165, 1.54) is 12.1 Å². The molecule has 4 rings (SSSR count). The van der Waals surface area contributed by atoms with Crippen LogP contribution in [0.25, 0.3) is 0 Å². The molecule has 28 heavy (non-hydrogen) atoms. The summed E-state index contributed by atoms with van der Waals surface area (Å²) in [4.78, 5) is 15.2. The van der Waals surface area contributed by atoms with Gasteiger partial charge in [0.15, 0.2) is 0 Å². The highest BCUT2D eigenvalue weighted by atomic mass is 32.1. The van der Waals surface area contributed by atoms with E-state index in [9.17, 15) is 9.18 Å². The number of rotatable bonds is 6. The van der Waals surface area contributed by atoms with Gasteiger partial charge in [-0.25, -0.2) is 9.40 Å². The second kappa shape index (κ2) is 8.34. The van der Waals surface area contributed by atoms with Gasteiger partial charge in [-0.15, -0.1) is 22.7 Å². The molecule has 4 nitrogen and oxygen atoms in total. The minimum atomic E-state index is -0.265. The summed E-state index contributed by atoms with van der Waals surface area (Å²) in [6.45, 7) is 2.13. The van der Waals surface area contributed by atoms with Gasteiger partial charge >= 0.3 is 0 Å². The molecular weight excluding hydrogens is 393 g/mol. The molecule has 2 unspecified atom stereocenters. The Morgan fingerprint density at radius 1 is 1.21 bits per heavy atom. The number of nitrogens with zero attached hydrogens (tertiary/aromatic N) is 2. The zero-order valence-corrected chi connectivity index (χ0v) is 17.0. The molecule has 2 aromatic heterocycles. The third-order valence-corrected chi connectivity index (χ3v) is 6.66. The molecule has 3 aromatic rings. The van der Waals surface area contributed by atoms with Crippen LogP contribution in [0.3, 0.4) is 0 Å². The number of benzene rings is 1. The first-order valence-corrected chi connectivity index (χ1v) is 10.8. The Balaban J connectivity index is 1.47. The SMILES string of the molecule is CC(NCC(=O)N1N=C(c2cccs2)CC1c1cccs1)c1ccc(F)cc1. The lowest BCUT2D eigenvalue weighted by Crippen LogP contribution is -2.36. The molecule has 0 bridgehead atoms. The lowest BCUT2D eigenvalue weighted by Gasteiger charge is -2.22. The van der Waals surface area contributed by atoms with Crippen molar-refractivity contribution in [3.8, 4) is 0 Å². The van der Waals surface area contributed by atoms with Crippen LogP contribution >= 0.6 is 22.7 Å². The fraction of sp³-hybridized carbons (Fsp3) is 0.238. The fourth-order valence-corrected chi connectivity index (χ4v) is 4.76. The smallest absolute Gasteiger partial charge is 0.257 e. The number of carbonyl (C=O) groups excluding carboxylic acids is 1. The van der Waals surface area contributed by atoms with Crippen LogP contribution < -0.4 is 5.32 Å². The van der Waals surface area contributed by atoms with Crippen LogP contribution in [0.15, 0.2) is 64.4 Å². The van der Waals surface area contributed by atoms with E-state index in [1.54, 1.807) is 39.8 Å². The van der Waals surface area contributed by atoms with Crippen LogP contribution in [0.5, 0.6) is 0 Å². The lowest BCUT2D eigenvalue weighted by molar-refractivity contribution is -0.132. The molecule has 1 N–H and O–H groups in total. The van der Waals surface area contributed by atoms with E-state index < -0.39 is 0 Å². The van der Waals surface area contributed by atoms with Gasteiger partial charge < -0.3 is 5.32 Å². The minimum Gasteiger partial charge on any atom is -0.302 e. The average Bonchev–Trinajstić information content (AvgIpc) is 3.46. The number of halogens is 1. The Hall–Kier alpha value is -2.35. The molecule has 144 valence electrons. The van der Waals surface area contributed by atoms with Gasteiger partial charge in [-0.2, -0.15) is 5.10 Å². The van der Waals surface area contributed by atoms with Gasteiger partial charge in [0.25, 0.3) is 5.91 Å². The maximum Gasteiger partial charge on any atom is 0.257 e. The topological polar surface area (TPSA) is 44.7 Å². The lowest BCUT2D eigenvalue weighted by atomic mass is 10.1. The first-order chi connectivity index (χ1) is 13.6. The van der Waals surface area contributed by atoms with Crippen LogP contribution in [0.1, 0.15) is 40.7 Å². The van der Waals surface area contributed by atoms with Gasteiger partial charge in [0.2, 0.25) is 0 Å². The Morgan fingerprint density at radius 2 is 1.96 bits per heavy atom. The van der Waals surface area contributed by atoms with Crippen LogP contribution in [-0.4, -0.2) is 23.2 Å². The van der Waals surface area contributed by atoms with E-state index in [0.29, 0.717) is 0 Å². The van der Waals surface area contributed by atoms with Gasteiger partial charge in [0.05, 0.1) is 23.2 Å². The van der Waals surface area contributed by atoms with Crippen LogP contribution in [0, 0.1) is 5.82 Å². The number of hydrogen-bond acceptors (Lipinski definition) is 5. The van der Waals surface area contributed by atoms with Crippen molar-refractivity contribution in [3.05, 3.63) is 80.4 Å². The Labute approximate surface area is 171 Å². The molecule has 2 atom stereocenters. The second-order valence-electron chi connectivity index (χ2n) is 6.65. The van der Waals surface area contributed by atoms with Gasteiger partial charge in [0, 0.05) is 17.3 Å². The van der Waals surface area contributed by atoms with E-state index in [2.05, 4.69) is 16.5 Å². The minimum absolute atomic E-state index is 0.0620. The quantitative estimate of drug-likeness (QED) is 0.620. The molecule has 0 saturated carbocycles. The highest BCUT2D eigenvalue weighted by Crippen LogP contribution is 2.35. The van der Waals surface area contributed by atoms with E-state index >= 15 is 0 Å². The summed E-state index contributed by atoms with van der Waals surface area (Å²) in [6.07, 6.45) is 0.723. The largest absolute Gasteiger partial charge is 0.302 e. The van der Waals surface area contributed by atoms with Gasteiger partial charge in [-0.05, 0) is 47.5 Å². The summed E-state index contributed by atoms with van der Waals surface area (Å²) in [6, 6.07) is 14.3. The molecule has 3 heterocycles. The second-order valence-corrected chi connectivity index (χ2v) is 8.58. The average molecular weight is 414 g/mol. The summed E-state index contributed by atoms with van der Waals surface area (Å²) in [5.41, 5.74) is 1.89. The first-order valence-electron chi connectivity index (χ1n) is 9.07. The van der Waals surface area contributed by atoms with E-state index in [0.717, 1.165) is 27.5 Å². The van der Waals surface area contributed by atoms with Crippen molar-refractivity contribution < 1.29 is 9.18 Å². The van der Waals surface area contributed by atoms with E-state index in [4.69, 9.17) is 0 Å². The molecule has 0 fully saturated rings. The van der Waals surface area contributed by atoms with Gasteiger partial charge in [-0.3, -0.25) is 4.79 Å². The molecule has 0 spiro atoms.